The number of amides is 1. The number of carbonyl (C=O) groups excluding carboxylic acids is 1. The van der Waals surface area contributed by atoms with E-state index in [1.807, 2.05) is 6.07 Å². The SMILES string of the molecule is O=C(N/N=C/C=C/c1ccco1)c1cnccn1. The number of aromatic nitrogens is 2. The van der Waals surface area contributed by atoms with E-state index in [1.54, 1.807) is 24.5 Å². The van der Waals surface area contributed by atoms with Crippen molar-refractivity contribution in [2.75, 3.05) is 0 Å². The van der Waals surface area contributed by atoms with Gasteiger partial charge in [0.2, 0.25) is 0 Å². The van der Waals surface area contributed by atoms with Crippen LogP contribution in [0.25, 0.3) is 6.08 Å². The van der Waals surface area contributed by atoms with Crippen LogP contribution >= 0.6 is 0 Å². The number of carbonyl (C=O) groups is 1. The van der Waals surface area contributed by atoms with Gasteiger partial charge < -0.3 is 4.42 Å². The Balaban J connectivity index is 1.83. The minimum absolute atomic E-state index is 0.213. The standard InChI is InChI=1S/C12H10N4O2/c17-12(11-9-13-6-7-14-11)16-15-5-1-3-10-4-2-8-18-10/h1-9H,(H,16,17)/b3-1+,15-5+. The number of hydrazone groups is 1. The molecule has 18 heavy (non-hydrogen) atoms. The first kappa shape index (κ1) is 11.7. The maximum Gasteiger partial charge on any atom is 0.291 e. The molecule has 1 N–H and O–H groups in total. The smallest absolute Gasteiger partial charge is 0.291 e. The van der Waals surface area contributed by atoms with Gasteiger partial charge in [0.05, 0.1) is 12.5 Å². The fraction of sp³-hybridized carbons (Fsp3) is 0. The molecule has 0 saturated heterocycles. The number of nitrogens with one attached hydrogen (secondary N) is 1. The summed E-state index contributed by atoms with van der Waals surface area (Å²) in [5.41, 5.74) is 2.54. The zero-order valence-electron chi connectivity index (χ0n) is 9.35. The maximum atomic E-state index is 11.5. The lowest BCUT2D eigenvalue weighted by Gasteiger charge is -1.95. The van der Waals surface area contributed by atoms with Gasteiger partial charge in [-0.25, -0.2) is 10.4 Å². The summed E-state index contributed by atoms with van der Waals surface area (Å²) in [6, 6.07) is 3.59. The highest BCUT2D eigenvalue weighted by Gasteiger charge is 2.03. The summed E-state index contributed by atoms with van der Waals surface area (Å²) in [5, 5.41) is 3.73. The number of nitrogens with zero attached hydrogens (tertiary/aromatic N) is 3. The Labute approximate surface area is 103 Å². The summed E-state index contributed by atoms with van der Waals surface area (Å²) in [7, 11) is 0. The fourth-order valence-electron chi connectivity index (χ4n) is 1.14. The minimum atomic E-state index is -0.411. The first-order chi connectivity index (χ1) is 8.86. The number of hydrogen-bond donors (Lipinski definition) is 1. The number of furan rings is 1. The van der Waals surface area contributed by atoms with Gasteiger partial charge in [-0.1, -0.05) is 0 Å². The molecular formula is C12H10N4O2. The van der Waals surface area contributed by atoms with Crippen molar-refractivity contribution in [3.63, 3.8) is 0 Å². The first-order valence-corrected chi connectivity index (χ1v) is 5.16. The predicted molar refractivity (Wildman–Crippen MR) is 65.7 cm³/mol. The summed E-state index contributed by atoms with van der Waals surface area (Å²) in [4.78, 5) is 19.1. The quantitative estimate of drug-likeness (QED) is 0.650. The van der Waals surface area contributed by atoms with E-state index in [1.165, 1.54) is 24.8 Å². The zero-order chi connectivity index (χ0) is 12.6. The van der Waals surface area contributed by atoms with E-state index < -0.39 is 5.91 Å². The molecule has 90 valence electrons. The molecule has 0 aliphatic heterocycles. The molecule has 2 rings (SSSR count). The Morgan fingerprint density at radius 1 is 1.44 bits per heavy atom. The second kappa shape index (κ2) is 6.09. The Morgan fingerprint density at radius 2 is 2.39 bits per heavy atom. The molecule has 0 aliphatic rings. The molecule has 0 radical (unpaired) electrons. The van der Waals surface area contributed by atoms with Crippen LogP contribution in [0.5, 0.6) is 0 Å². The first-order valence-electron chi connectivity index (χ1n) is 5.16. The topological polar surface area (TPSA) is 80.4 Å². The van der Waals surface area contributed by atoms with E-state index in [0.29, 0.717) is 5.76 Å². The predicted octanol–water partition coefficient (Wildman–Crippen LogP) is 1.50. The molecule has 2 aromatic rings. The molecule has 0 saturated carbocycles. The van der Waals surface area contributed by atoms with Crippen molar-refractivity contribution in [1.82, 2.24) is 15.4 Å². The Morgan fingerprint density at radius 3 is 3.11 bits per heavy atom. The lowest BCUT2D eigenvalue weighted by molar-refractivity contribution is 0.0950. The number of hydrogen-bond acceptors (Lipinski definition) is 5. The van der Waals surface area contributed by atoms with Crippen LogP contribution in [0.2, 0.25) is 0 Å². The van der Waals surface area contributed by atoms with Crippen LogP contribution in [-0.2, 0) is 0 Å². The molecule has 2 heterocycles. The third kappa shape index (κ3) is 3.38. The summed E-state index contributed by atoms with van der Waals surface area (Å²) in [5.74, 6) is 0.299. The van der Waals surface area contributed by atoms with Gasteiger partial charge in [-0.2, -0.15) is 5.10 Å². The number of rotatable bonds is 4. The lowest BCUT2D eigenvalue weighted by atomic mass is 10.4. The van der Waals surface area contributed by atoms with Crippen LogP contribution in [0.4, 0.5) is 0 Å². The van der Waals surface area contributed by atoms with Crippen molar-refractivity contribution in [2.45, 2.75) is 0 Å². The maximum absolute atomic E-state index is 11.5. The highest BCUT2D eigenvalue weighted by Crippen LogP contribution is 2.00. The molecule has 2 aromatic heterocycles. The average molecular weight is 242 g/mol. The molecule has 0 unspecified atom stereocenters. The van der Waals surface area contributed by atoms with E-state index in [9.17, 15) is 4.79 Å². The van der Waals surface area contributed by atoms with Gasteiger partial charge in [0.15, 0.2) is 0 Å². The van der Waals surface area contributed by atoms with Gasteiger partial charge in [-0.05, 0) is 24.3 Å². The van der Waals surface area contributed by atoms with Gasteiger partial charge in [0, 0.05) is 18.6 Å². The summed E-state index contributed by atoms with van der Waals surface area (Å²) in [6.07, 6.45) is 10.7. The van der Waals surface area contributed by atoms with E-state index in [4.69, 9.17) is 4.42 Å². The van der Waals surface area contributed by atoms with Crippen molar-refractivity contribution in [3.05, 3.63) is 54.5 Å². The van der Waals surface area contributed by atoms with E-state index >= 15 is 0 Å². The highest BCUT2D eigenvalue weighted by atomic mass is 16.3. The van der Waals surface area contributed by atoms with E-state index in [2.05, 4.69) is 20.5 Å². The van der Waals surface area contributed by atoms with Gasteiger partial charge in [-0.3, -0.25) is 9.78 Å². The van der Waals surface area contributed by atoms with Crippen LogP contribution in [0, 0.1) is 0 Å². The van der Waals surface area contributed by atoms with E-state index in [-0.39, 0.29) is 5.69 Å². The molecule has 6 heteroatoms. The molecular weight excluding hydrogens is 232 g/mol. The third-order valence-electron chi connectivity index (χ3n) is 1.93. The minimum Gasteiger partial charge on any atom is -0.465 e. The molecule has 0 fully saturated rings. The summed E-state index contributed by atoms with van der Waals surface area (Å²) in [6.45, 7) is 0. The molecule has 6 nitrogen and oxygen atoms in total. The van der Waals surface area contributed by atoms with Gasteiger partial charge in [0.1, 0.15) is 11.5 Å². The number of allylic oxidation sites excluding steroid dienone is 1. The molecule has 0 aliphatic carbocycles. The van der Waals surface area contributed by atoms with Crippen LogP contribution in [0.15, 0.2) is 52.6 Å². The largest absolute Gasteiger partial charge is 0.465 e. The van der Waals surface area contributed by atoms with Crippen molar-refractivity contribution in [3.8, 4) is 0 Å². The van der Waals surface area contributed by atoms with Crippen molar-refractivity contribution in [1.29, 1.82) is 0 Å². The lowest BCUT2D eigenvalue weighted by Crippen LogP contribution is -2.18. The van der Waals surface area contributed by atoms with Crippen molar-refractivity contribution < 1.29 is 9.21 Å². The Bertz CT molecular complexity index is 547. The van der Waals surface area contributed by atoms with Crippen LogP contribution in [0.1, 0.15) is 16.2 Å². The fourth-order valence-corrected chi connectivity index (χ4v) is 1.14. The molecule has 0 bridgehead atoms. The summed E-state index contributed by atoms with van der Waals surface area (Å²) < 4.78 is 5.08. The molecule has 0 spiro atoms. The Kier molecular flexibility index (Phi) is 3.97. The van der Waals surface area contributed by atoms with Crippen LogP contribution < -0.4 is 5.43 Å². The normalized spacial score (nSPS) is 11.1. The second-order valence-corrected chi connectivity index (χ2v) is 3.18. The zero-order valence-corrected chi connectivity index (χ0v) is 9.35. The van der Waals surface area contributed by atoms with Gasteiger partial charge in [0.25, 0.3) is 5.91 Å². The third-order valence-corrected chi connectivity index (χ3v) is 1.93. The Hall–Kier alpha value is -2.76. The summed E-state index contributed by atoms with van der Waals surface area (Å²) >= 11 is 0. The van der Waals surface area contributed by atoms with E-state index in [0.717, 1.165) is 0 Å². The van der Waals surface area contributed by atoms with Gasteiger partial charge >= 0.3 is 0 Å². The molecule has 0 atom stereocenters. The molecule has 0 aromatic carbocycles. The van der Waals surface area contributed by atoms with Crippen molar-refractivity contribution in [2.24, 2.45) is 5.10 Å². The monoisotopic (exact) mass is 242 g/mol. The van der Waals surface area contributed by atoms with Crippen LogP contribution in [0.3, 0.4) is 0 Å². The van der Waals surface area contributed by atoms with Crippen molar-refractivity contribution >= 4 is 18.2 Å². The molecule has 1 amide bonds. The van der Waals surface area contributed by atoms with Crippen LogP contribution in [-0.4, -0.2) is 22.1 Å². The highest BCUT2D eigenvalue weighted by molar-refractivity contribution is 5.92. The van der Waals surface area contributed by atoms with Gasteiger partial charge in [-0.15, -0.1) is 0 Å². The second-order valence-electron chi connectivity index (χ2n) is 3.18. The average Bonchev–Trinajstić information content (AvgIpc) is 2.92.